The Morgan fingerprint density at radius 2 is 1.88 bits per heavy atom. The smallest absolute Gasteiger partial charge is 0.257 e. The van der Waals surface area contributed by atoms with E-state index in [1.807, 2.05) is 48.5 Å². The summed E-state index contributed by atoms with van der Waals surface area (Å²) in [6.07, 6.45) is 1.68. The number of carbonyl (C=O) groups excluding carboxylic acids is 1. The normalized spacial score (nSPS) is 10.8. The molecule has 25 heavy (non-hydrogen) atoms. The summed E-state index contributed by atoms with van der Waals surface area (Å²) in [5.41, 5.74) is 2.19. The van der Waals surface area contributed by atoms with Gasteiger partial charge in [0.25, 0.3) is 5.91 Å². The van der Waals surface area contributed by atoms with Crippen LogP contribution in [-0.2, 0) is 17.8 Å². The molecule has 5 heteroatoms. The fraction of sp³-hybridized carbons (Fsp3) is 0.300. The topological polar surface area (TPSA) is 56.2 Å². The summed E-state index contributed by atoms with van der Waals surface area (Å²) in [7, 11) is 0. The van der Waals surface area contributed by atoms with Gasteiger partial charge in [-0.1, -0.05) is 30.3 Å². The van der Waals surface area contributed by atoms with Crippen LogP contribution in [0.2, 0.25) is 0 Å². The second kappa shape index (κ2) is 8.33. The fourth-order valence-electron chi connectivity index (χ4n) is 2.86. The summed E-state index contributed by atoms with van der Waals surface area (Å²) < 4.78 is 7.66. The SMILES string of the molecule is CCn1c(CCCNC(=O)COc2ccccc2)nc2ccccc21. The molecular weight excluding hydrogens is 314 g/mol. The molecule has 0 radical (unpaired) electrons. The summed E-state index contributed by atoms with van der Waals surface area (Å²) in [5.74, 6) is 1.67. The van der Waals surface area contributed by atoms with Crippen molar-refractivity contribution in [2.45, 2.75) is 26.3 Å². The maximum absolute atomic E-state index is 11.8. The molecular formula is C20H23N3O2. The number of ether oxygens (including phenoxy) is 1. The van der Waals surface area contributed by atoms with Gasteiger partial charge in [-0.15, -0.1) is 0 Å². The number of carbonyl (C=O) groups is 1. The van der Waals surface area contributed by atoms with Crippen LogP contribution in [0, 0.1) is 0 Å². The molecule has 0 spiro atoms. The Labute approximate surface area is 147 Å². The van der Waals surface area contributed by atoms with Crippen LogP contribution in [0.4, 0.5) is 0 Å². The molecule has 0 aliphatic rings. The zero-order chi connectivity index (χ0) is 17.5. The first kappa shape index (κ1) is 17.0. The molecule has 0 fully saturated rings. The molecule has 1 heterocycles. The third-order valence-corrected chi connectivity index (χ3v) is 4.06. The minimum atomic E-state index is -0.104. The Kier molecular flexibility index (Phi) is 5.67. The third-order valence-electron chi connectivity index (χ3n) is 4.06. The van der Waals surface area contributed by atoms with E-state index in [-0.39, 0.29) is 12.5 Å². The highest BCUT2D eigenvalue weighted by Crippen LogP contribution is 2.16. The number of benzene rings is 2. The molecule has 3 aromatic rings. The molecule has 1 aromatic heterocycles. The van der Waals surface area contributed by atoms with Crippen LogP contribution in [0.1, 0.15) is 19.2 Å². The maximum Gasteiger partial charge on any atom is 0.257 e. The second-order valence-corrected chi connectivity index (χ2v) is 5.82. The number of nitrogens with one attached hydrogen (secondary N) is 1. The third kappa shape index (κ3) is 4.38. The largest absolute Gasteiger partial charge is 0.484 e. The number of aryl methyl sites for hydroxylation is 2. The van der Waals surface area contributed by atoms with Crippen LogP contribution in [-0.4, -0.2) is 28.6 Å². The van der Waals surface area contributed by atoms with Crippen molar-refractivity contribution in [1.82, 2.24) is 14.9 Å². The van der Waals surface area contributed by atoms with Crippen LogP contribution >= 0.6 is 0 Å². The van der Waals surface area contributed by atoms with Gasteiger partial charge in [-0.25, -0.2) is 4.98 Å². The second-order valence-electron chi connectivity index (χ2n) is 5.82. The molecule has 0 atom stereocenters. The van der Waals surface area contributed by atoms with Crippen LogP contribution < -0.4 is 10.1 Å². The number of hydrogen-bond donors (Lipinski definition) is 1. The van der Waals surface area contributed by atoms with Gasteiger partial charge in [-0.2, -0.15) is 0 Å². The zero-order valence-corrected chi connectivity index (χ0v) is 14.4. The molecule has 0 bridgehead atoms. The van der Waals surface area contributed by atoms with Crippen LogP contribution in [0.3, 0.4) is 0 Å². The van der Waals surface area contributed by atoms with Gasteiger partial charge in [0.1, 0.15) is 11.6 Å². The maximum atomic E-state index is 11.8. The highest BCUT2D eigenvalue weighted by molar-refractivity contribution is 5.77. The molecule has 0 aliphatic carbocycles. The number of amides is 1. The average molecular weight is 337 g/mol. The fourth-order valence-corrected chi connectivity index (χ4v) is 2.86. The van der Waals surface area contributed by atoms with Crippen molar-refractivity contribution in [3.8, 4) is 5.75 Å². The quantitative estimate of drug-likeness (QED) is 0.642. The number of para-hydroxylation sites is 3. The molecule has 5 nitrogen and oxygen atoms in total. The molecule has 130 valence electrons. The molecule has 0 aliphatic heterocycles. The summed E-state index contributed by atoms with van der Waals surface area (Å²) in [4.78, 5) is 16.5. The number of rotatable bonds is 8. The molecule has 0 saturated carbocycles. The molecule has 3 rings (SSSR count). The standard InChI is InChI=1S/C20H23N3O2/c1-2-23-18-12-7-6-11-17(18)22-19(23)13-8-14-21-20(24)15-25-16-9-4-3-5-10-16/h3-7,9-12H,2,8,13-15H2,1H3,(H,21,24). The van der Waals surface area contributed by atoms with E-state index >= 15 is 0 Å². The van der Waals surface area contributed by atoms with E-state index in [4.69, 9.17) is 9.72 Å². The van der Waals surface area contributed by atoms with E-state index in [0.717, 1.165) is 30.7 Å². The Morgan fingerprint density at radius 1 is 1.12 bits per heavy atom. The first-order chi connectivity index (χ1) is 12.3. The Morgan fingerprint density at radius 3 is 2.68 bits per heavy atom. The van der Waals surface area contributed by atoms with Gasteiger partial charge in [0.05, 0.1) is 11.0 Å². The molecule has 2 aromatic carbocycles. The zero-order valence-electron chi connectivity index (χ0n) is 14.4. The van der Waals surface area contributed by atoms with E-state index in [1.54, 1.807) is 0 Å². The van der Waals surface area contributed by atoms with Gasteiger partial charge in [-0.05, 0) is 37.6 Å². The highest BCUT2D eigenvalue weighted by Gasteiger charge is 2.09. The molecule has 1 amide bonds. The lowest BCUT2D eigenvalue weighted by Gasteiger charge is -2.08. The van der Waals surface area contributed by atoms with Crippen molar-refractivity contribution in [3.63, 3.8) is 0 Å². The number of hydrogen-bond acceptors (Lipinski definition) is 3. The van der Waals surface area contributed by atoms with Crippen LogP contribution in [0.25, 0.3) is 11.0 Å². The summed E-state index contributed by atoms with van der Waals surface area (Å²) in [6.45, 7) is 3.68. The predicted octanol–water partition coefficient (Wildman–Crippen LogP) is 3.18. The average Bonchev–Trinajstić information content (AvgIpc) is 3.02. The summed E-state index contributed by atoms with van der Waals surface area (Å²) >= 11 is 0. The van der Waals surface area contributed by atoms with E-state index in [9.17, 15) is 4.79 Å². The minimum absolute atomic E-state index is 0.0392. The van der Waals surface area contributed by atoms with Gasteiger partial charge >= 0.3 is 0 Å². The highest BCUT2D eigenvalue weighted by atomic mass is 16.5. The first-order valence-electron chi connectivity index (χ1n) is 8.66. The lowest BCUT2D eigenvalue weighted by atomic mass is 10.3. The van der Waals surface area contributed by atoms with Crippen molar-refractivity contribution in [2.75, 3.05) is 13.2 Å². The van der Waals surface area contributed by atoms with E-state index in [0.29, 0.717) is 12.3 Å². The Hall–Kier alpha value is -2.82. The Balaban J connectivity index is 1.44. The van der Waals surface area contributed by atoms with Crippen molar-refractivity contribution in [3.05, 3.63) is 60.4 Å². The van der Waals surface area contributed by atoms with Gasteiger partial charge in [0, 0.05) is 19.5 Å². The minimum Gasteiger partial charge on any atom is -0.484 e. The van der Waals surface area contributed by atoms with Gasteiger partial charge in [0.15, 0.2) is 6.61 Å². The monoisotopic (exact) mass is 337 g/mol. The number of nitrogens with zero attached hydrogens (tertiary/aromatic N) is 2. The molecule has 1 N–H and O–H groups in total. The van der Waals surface area contributed by atoms with Gasteiger partial charge in [-0.3, -0.25) is 4.79 Å². The van der Waals surface area contributed by atoms with Crippen LogP contribution in [0.5, 0.6) is 5.75 Å². The van der Waals surface area contributed by atoms with Gasteiger partial charge in [0.2, 0.25) is 0 Å². The first-order valence-corrected chi connectivity index (χ1v) is 8.66. The van der Waals surface area contributed by atoms with Crippen molar-refractivity contribution in [2.24, 2.45) is 0 Å². The van der Waals surface area contributed by atoms with Crippen LogP contribution in [0.15, 0.2) is 54.6 Å². The molecule has 0 saturated heterocycles. The predicted molar refractivity (Wildman–Crippen MR) is 98.7 cm³/mol. The number of fused-ring (bicyclic) bond motifs is 1. The van der Waals surface area contributed by atoms with Crippen molar-refractivity contribution in [1.29, 1.82) is 0 Å². The van der Waals surface area contributed by atoms with E-state index in [1.165, 1.54) is 5.52 Å². The summed E-state index contributed by atoms with van der Waals surface area (Å²) in [6, 6.07) is 17.5. The van der Waals surface area contributed by atoms with Gasteiger partial charge < -0.3 is 14.6 Å². The van der Waals surface area contributed by atoms with Crippen molar-refractivity contribution >= 4 is 16.9 Å². The molecule has 0 unspecified atom stereocenters. The summed E-state index contributed by atoms with van der Waals surface area (Å²) in [5, 5.41) is 2.89. The number of aromatic nitrogens is 2. The lowest BCUT2D eigenvalue weighted by molar-refractivity contribution is -0.123. The van der Waals surface area contributed by atoms with Crippen molar-refractivity contribution < 1.29 is 9.53 Å². The van der Waals surface area contributed by atoms with E-state index in [2.05, 4.69) is 22.9 Å². The lowest BCUT2D eigenvalue weighted by Crippen LogP contribution is -2.30. The Bertz CT molecular complexity index is 827. The number of imidazole rings is 1. The van der Waals surface area contributed by atoms with E-state index < -0.39 is 0 Å².